The average Bonchev–Trinajstić information content (AvgIpc) is 3.03. The summed E-state index contributed by atoms with van der Waals surface area (Å²) in [5.74, 6) is -2.29. The molecule has 0 unspecified atom stereocenters. The summed E-state index contributed by atoms with van der Waals surface area (Å²) in [7, 11) is -7.16. The van der Waals surface area contributed by atoms with Gasteiger partial charge in [-0.3, -0.25) is 4.79 Å². The molecular formula is C32H33F2N5O7S2. The number of benzene rings is 4. The van der Waals surface area contributed by atoms with Gasteiger partial charge in [0.05, 0.1) is 22.5 Å². The number of nitrogens with two attached hydrogens (primary N) is 4. The molecule has 0 spiro atoms. The first-order valence-corrected chi connectivity index (χ1v) is 16.9. The van der Waals surface area contributed by atoms with E-state index in [1.54, 1.807) is 48.5 Å². The number of amides is 1. The highest BCUT2D eigenvalue weighted by molar-refractivity contribution is 7.89. The van der Waals surface area contributed by atoms with Crippen molar-refractivity contribution in [1.82, 2.24) is 0 Å². The highest BCUT2D eigenvalue weighted by Gasteiger charge is 2.24. The lowest BCUT2D eigenvalue weighted by atomic mass is 9.98. The number of aryl methyl sites for hydroxylation is 2. The zero-order chi connectivity index (χ0) is 36.0. The molecule has 4 rings (SSSR count). The fourth-order valence-electron chi connectivity index (χ4n) is 4.54. The van der Waals surface area contributed by atoms with E-state index >= 15 is 0 Å². The third-order valence-electron chi connectivity index (χ3n) is 6.90. The largest absolute Gasteiger partial charge is 0.465 e. The molecule has 0 saturated carbocycles. The first-order valence-electron chi connectivity index (χ1n) is 13.8. The molecule has 0 aliphatic rings. The molecule has 4 aromatic rings. The van der Waals surface area contributed by atoms with E-state index in [0.717, 1.165) is 30.4 Å². The SMILES string of the molecule is COC(=O)c1cc(S(N)(=O)=O)c(-c2ccc(C)cc2)cc1CF.Cc1ccc(-c2cc(CF)c(C(=O)N=C(N)N)cc2S(N)(=O)=O)cc1. The molecule has 8 N–H and O–H groups in total. The number of ether oxygens (including phenoxy) is 1. The van der Waals surface area contributed by atoms with Crippen molar-refractivity contribution < 1.29 is 39.9 Å². The molecule has 0 aliphatic heterocycles. The normalized spacial score (nSPS) is 11.2. The van der Waals surface area contributed by atoms with Gasteiger partial charge in [-0.2, -0.15) is 4.99 Å². The molecule has 4 aromatic carbocycles. The van der Waals surface area contributed by atoms with Crippen LogP contribution in [0.1, 0.15) is 43.0 Å². The van der Waals surface area contributed by atoms with Crippen LogP contribution < -0.4 is 21.7 Å². The Kier molecular flexibility index (Phi) is 11.9. The van der Waals surface area contributed by atoms with Crippen molar-refractivity contribution in [1.29, 1.82) is 0 Å². The first kappa shape index (κ1) is 37.4. The van der Waals surface area contributed by atoms with Gasteiger partial charge >= 0.3 is 5.97 Å². The number of hydrogen-bond donors (Lipinski definition) is 4. The van der Waals surface area contributed by atoms with Gasteiger partial charge < -0.3 is 16.2 Å². The van der Waals surface area contributed by atoms with Gasteiger partial charge in [0.25, 0.3) is 5.91 Å². The molecule has 48 heavy (non-hydrogen) atoms. The second-order valence-electron chi connectivity index (χ2n) is 10.4. The zero-order valence-electron chi connectivity index (χ0n) is 26.0. The lowest BCUT2D eigenvalue weighted by Gasteiger charge is -2.13. The van der Waals surface area contributed by atoms with E-state index in [1.807, 2.05) is 13.8 Å². The van der Waals surface area contributed by atoms with E-state index in [-0.39, 0.29) is 43.2 Å². The lowest BCUT2D eigenvalue weighted by Crippen LogP contribution is -2.24. The number of alkyl halides is 2. The van der Waals surface area contributed by atoms with E-state index in [2.05, 4.69) is 9.73 Å². The van der Waals surface area contributed by atoms with Gasteiger partial charge in [0, 0.05) is 16.7 Å². The Balaban J connectivity index is 0.000000261. The summed E-state index contributed by atoms with van der Waals surface area (Å²) in [6.07, 6.45) is 0. The van der Waals surface area contributed by atoms with E-state index in [0.29, 0.717) is 11.1 Å². The summed E-state index contributed by atoms with van der Waals surface area (Å²) >= 11 is 0. The van der Waals surface area contributed by atoms with E-state index < -0.39 is 51.2 Å². The zero-order valence-corrected chi connectivity index (χ0v) is 27.7. The number of sulfonamides is 2. The molecule has 16 heteroatoms. The Morgan fingerprint density at radius 2 is 1.06 bits per heavy atom. The van der Waals surface area contributed by atoms with E-state index in [1.165, 1.54) is 12.1 Å². The van der Waals surface area contributed by atoms with Crippen molar-refractivity contribution in [3.05, 3.63) is 106 Å². The number of rotatable bonds is 8. The summed E-state index contributed by atoms with van der Waals surface area (Å²) in [5.41, 5.74) is 13.3. The Labute approximate surface area is 276 Å². The van der Waals surface area contributed by atoms with Crippen molar-refractivity contribution in [3.8, 4) is 22.3 Å². The summed E-state index contributed by atoms with van der Waals surface area (Å²) in [6.45, 7) is 1.81. The number of carbonyl (C=O) groups is 2. The molecule has 0 aromatic heterocycles. The van der Waals surface area contributed by atoms with Crippen molar-refractivity contribution in [2.45, 2.75) is 37.0 Å². The molecular weight excluding hydrogens is 669 g/mol. The Bertz CT molecular complexity index is 2100. The van der Waals surface area contributed by atoms with Crippen LogP contribution >= 0.6 is 0 Å². The van der Waals surface area contributed by atoms with Gasteiger partial charge in [-0.25, -0.2) is 40.7 Å². The molecule has 0 bridgehead atoms. The molecule has 0 heterocycles. The summed E-state index contributed by atoms with van der Waals surface area (Å²) in [5, 5.41) is 10.5. The Morgan fingerprint density at radius 3 is 1.40 bits per heavy atom. The van der Waals surface area contributed by atoms with Crippen molar-refractivity contribution in [3.63, 3.8) is 0 Å². The van der Waals surface area contributed by atoms with Crippen molar-refractivity contribution in [2.24, 2.45) is 26.7 Å². The van der Waals surface area contributed by atoms with Crippen LogP contribution in [0.3, 0.4) is 0 Å². The van der Waals surface area contributed by atoms with Crippen LogP contribution in [0.25, 0.3) is 22.3 Å². The minimum atomic E-state index is -4.19. The predicted molar refractivity (Wildman–Crippen MR) is 177 cm³/mol. The van der Waals surface area contributed by atoms with Crippen molar-refractivity contribution in [2.75, 3.05) is 7.11 Å². The van der Waals surface area contributed by atoms with Crippen LogP contribution in [0.15, 0.2) is 87.6 Å². The van der Waals surface area contributed by atoms with Gasteiger partial charge in [0.1, 0.15) is 13.3 Å². The Morgan fingerprint density at radius 1 is 0.688 bits per heavy atom. The second kappa shape index (κ2) is 15.2. The van der Waals surface area contributed by atoms with E-state index in [9.17, 15) is 35.2 Å². The van der Waals surface area contributed by atoms with Gasteiger partial charge in [-0.05, 0) is 60.4 Å². The number of halogens is 2. The van der Waals surface area contributed by atoms with Crippen LogP contribution in [0, 0.1) is 13.8 Å². The number of aliphatic imine (C=N–C) groups is 1. The highest BCUT2D eigenvalue weighted by Crippen LogP contribution is 2.32. The number of esters is 1. The number of carbonyl (C=O) groups excluding carboxylic acids is 2. The third kappa shape index (κ3) is 9.07. The fourth-order valence-corrected chi connectivity index (χ4v) is 6.07. The summed E-state index contributed by atoms with van der Waals surface area (Å²) in [4.78, 5) is 26.6. The molecule has 1 amide bonds. The van der Waals surface area contributed by atoms with Crippen LogP contribution in [-0.4, -0.2) is 41.8 Å². The van der Waals surface area contributed by atoms with Gasteiger partial charge in [-0.15, -0.1) is 0 Å². The Hall–Kier alpha value is -5.03. The number of methoxy groups -OCH3 is 1. The molecule has 0 fully saturated rings. The smallest absolute Gasteiger partial charge is 0.338 e. The maximum Gasteiger partial charge on any atom is 0.338 e. The topological polar surface area (TPSA) is 228 Å². The maximum absolute atomic E-state index is 13.4. The first-order chi connectivity index (χ1) is 22.4. The highest BCUT2D eigenvalue weighted by atomic mass is 32.2. The lowest BCUT2D eigenvalue weighted by molar-refractivity contribution is 0.0598. The second-order valence-corrected chi connectivity index (χ2v) is 13.5. The monoisotopic (exact) mass is 701 g/mol. The quantitative estimate of drug-likeness (QED) is 0.119. The van der Waals surface area contributed by atoms with Crippen molar-refractivity contribution >= 4 is 37.9 Å². The predicted octanol–water partition coefficient (Wildman–Crippen LogP) is 3.76. The molecule has 0 saturated heterocycles. The van der Waals surface area contributed by atoms with Crippen LogP contribution in [-0.2, 0) is 38.1 Å². The van der Waals surface area contributed by atoms with Crippen LogP contribution in [0.4, 0.5) is 8.78 Å². The molecule has 0 atom stereocenters. The minimum Gasteiger partial charge on any atom is -0.465 e. The van der Waals surface area contributed by atoms with Gasteiger partial charge in [0.15, 0.2) is 5.96 Å². The number of primary sulfonamides is 2. The van der Waals surface area contributed by atoms with Crippen LogP contribution in [0.2, 0.25) is 0 Å². The molecule has 12 nitrogen and oxygen atoms in total. The molecule has 0 radical (unpaired) electrons. The van der Waals surface area contributed by atoms with Gasteiger partial charge in [0.2, 0.25) is 20.0 Å². The van der Waals surface area contributed by atoms with Crippen LogP contribution in [0.5, 0.6) is 0 Å². The molecule has 254 valence electrons. The summed E-state index contributed by atoms with van der Waals surface area (Å²) < 4.78 is 79.0. The summed E-state index contributed by atoms with van der Waals surface area (Å²) in [6, 6.07) is 18.6. The number of guanidine groups is 1. The standard InChI is InChI=1S/C16H17FN4O3S.C16H16FNO4S/c1-9-2-4-10(5-3-9)12-6-11(8-17)13(15(22)21-16(18)19)7-14(12)25(20,23)24;1-10-3-5-11(6-4-10)13-7-12(9-17)14(16(19)22-2)8-15(13)23(18,20)21/h2-7H,8H2,1H3,(H2,20,23,24)(H4,18,19,21,22);3-8H,9H2,1-2H3,(H2,18,20,21). The van der Waals surface area contributed by atoms with E-state index in [4.69, 9.17) is 21.7 Å². The fraction of sp³-hybridized carbons (Fsp3) is 0.156. The average molecular weight is 702 g/mol. The number of nitrogens with zero attached hydrogens (tertiary/aromatic N) is 1. The maximum atomic E-state index is 13.4. The van der Waals surface area contributed by atoms with Gasteiger partial charge in [-0.1, -0.05) is 59.7 Å². The number of hydrogen-bond acceptors (Lipinski definition) is 7. The molecule has 0 aliphatic carbocycles. The minimum absolute atomic E-state index is 0.0415. The third-order valence-corrected chi connectivity index (χ3v) is 8.80.